The van der Waals surface area contributed by atoms with Gasteiger partial charge < -0.3 is 4.74 Å². The molecule has 5 nitrogen and oxygen atoms in total. The van der Waals surface area contributed by atoms with Crippen LogP contribution in [0.1, 0.15) is 43.5 Å². The van der Waals surface area contributed by atoms with Crippen LogP contribution in [0.4, 0.5) is 0 Å². The summed E-state index contributed by atoms with van der Waals surface area (Å²) < 4.78 is 31.1. The van der Waals surface area contributed by atoms with Crippen molar-refractivity contribution in [2.75, 3.05) is 13.2 Å². The molecule has 0 saturated carbocycles. The number of hydrogen-bond acceptors (Lipinski definition) is 4. The summed E-state index contributed by atoms with van der Waals surface area (Å²) in [5.74, 6) is 0.0507. The second-order valence-electron chi connectivity index (χ2n) is 4.74. The van der Waals surface area contributed by atoms with Crippen molar-refractivity contribution in [1.82, 2.24) is 4.31 Å². The Bertz CT molecular complexity index is 610. The number of sulfonamides is 1. The Balaban J connectivity index is 2.35. The topological polar surface area (TPSA) is 63.7 Å². The molecule has 0 aliphatic carbocycles. The number of fused-ring (bicyclic) bond motifs is 1. The molecule has 1 aromatic rings. The molecule has 0 spiro atoms. The first-order valence-electron chi connectivity index (χ1n) is 6.86. The molecule has 0 unspecified atom stereocenters. The van der Waals surface area contributed by atoms with Gasteiger partial charge in [0.15, 0.2) is 0 Å². The molecule has 2 rings (SSSR count). The Kier molecular flexibility index (Phi) is 4.32. The van der Waals surface area contributed by atoms with E-state index in [0.29, 0.717) is 18.8 Å². The van der Waals surface area contributed by atoms with Gasteiger partial charge in [0.25, 0.3) is 15.9 Å². The Hall–Kier alpha value is -1.56. The van der Waals surface area contributed by atoms with E-state index in [1.54, 1.807) is 6.07 Å². The fourth-order valence-electron chi connectivity index (χ4n) is 2.09. The maximum absolute atomic E-state index is 12.4. The van der Waals surface area contributed by atoms with E-state index in [1.807, 2.05) is 13.8 Å². The number of nitrogens with zero attached hydrogens (tertiary/aromatic N) is 1. The van der Waals surface area contributed by atoms with Crippen molar-refractivity contribution in [3.8, 4) is 5.75 Å². The molecule has 0 saturated heterocycles. The molecule has 1 heterocycles. The van der Waals surface area contributed by atoms with Crippen LogP contribution in [0, 0.1) is 0 Å². The summed E-state index contributed by atoms with van der Waals surface area (Å²) in [6.07, 6.45) is 2.34. The minimum Gasteiger partial charge on any atom is -0.494 e. The third-order valence-electron chi connectivity index (χ3n) is 3.17. The van der Waals surface area contributed by atoms with Crippen molar-refractivity contribution in [1.29, 1.82) is 0 Å². The highest BCUT2D eigenvalue weighted by atomic mass is 32.2. The Morgan fingerprint density at radius 3 is 2.60 bits per heavy atom. The molecule has 1 amide bonds. The molecule has 0 aromatic heterocycles. The fourth-order valence-corrected chi connectivity index (χ4v) is 3.71. The van der Waals surface area contributed by atoms with Crippen LogP contribution in [-0.2, 0) is 10.0 Å². The van der Waals surface area contributed by atoms with Crippen LogP contribution < -0.4 is 4.74 Å². The van der Waals surface area contributed by atoms with Gasteiger partial charge in [-0.1, -0.05) is 20.3 Å². The first-order chi connectivity index (χ1) is 9.52. The second-order valence-corrected chi connectivity index (χ2v) is 6.57. The van der Waals surface area contributed by atoms with Crippen LogP contribution in [0.15, 0.2) is 23.1 Å². The fraction of sp³-hybridized carbons (Fsp3) is 0.500. The van der Waals surface area contributed by atoms with Crippen molar-refractivity contribution in [3.05, 3.63) is 23.8 Å². The summed E-state index contributed by atoms with van der Waals surface area (Å²) in [5.41, 5.74) is 0.241. The highest BCUT2D eigenvalue weighted by Gasteiger charge is 2.40. The molecular formula is C14H19NO4S. The highest BCUT2D eigenvalue weighted by molar-refractivity contribution is 7.90. The maximum atomic E-state index is 12.4. The van der Waals surface area contributed by atoms with Crippen molar-refractivity contribution < 1.29 is 17.9 Å². The van der Waals surface area contributed by atoms with E-state index in [-0.39, 0.29) is 17.0 Å². The molecular weight excluding hydrogens is 278 g/mol. The van der Waals surface area contributed by atoms with Gasteiger partial charge in [-0.15, -0.1) is 0 Å². The maximum Gasteiger partial charge on any atom is 0.269 e. The van der Waals surface area contributed by atoms with Crippen LogP contribution in [0.25, 0.3) is 0 Å². The lowest BCUT2D eigenvalue weighted by molar-refractivity contribution is 0.0870. The molecule has 0 fully saturated rings. The minimum absolute atomic E-state index is 0.0622. The van der Waals surface area contributed by atoms with Gasteiger partial charge >= 0.3 is 0 Å². The lowest BCUT2D eigenvalue weighted by atomic mass is 10.2. The number of benzene rings is 1. The number of unbranched alkanes of at least 4 members (excludes halogenated alkanes) is 1. The molecule has 1 aliphatic heterocycles. The average molecular weight is 297 g/mol. The lowest BCUT2D eigenvalue weighted by Crippen LogP contribution is -2.30. The standard InChI is InChI=1S/C14H19NO4S/c1-3-5-8-15-14(16)12-7-6-11(19-9-4-2)10-13(12)20(15,17)18/h6-7,10H,3-5,8-9H2,1-2H3. The zero-order chi connectivity index (χ0) is 14.8. The zero-order valence-corrected chi connectivity index (χ0v) is 12.6. The van der Waals surface area contributed by atoms with Gasteiger partial charge in [0.05, 0.1) is 12.2 Å². The minimum atomic E-state index is -3.71. The molecule has 110 valence electrons. The Labute approximate surface area is 119 Å². The second kappa shape index (κ2) is 5.83. The van der Waals surface area contributed by atoms with Gasteiger partial charge in [-0.2, -0.15) is 0 Å². The molecule has 1 aromatic carbocycles. The summed E-state index contributed by atoms with van der Waals surface area (Å²) in [5, 5.41) is 0. The van der Waals surface area contributed by atoms with E-state index >= 15 is 0 Å². The molecule has 1 aliphatic rings. The van der Waals surface area contributed by atoms with Gasteiger partial charge in [0.2, 0.25) is 0 Å². The first kappa shape index (κ1) is 14.8. The Morgan fingerprint density at radius 2 is 1.95 bits per heavy atom. The number of carbonyl (C=O) groups is 1. The third-order valence-corrected chi connectivity index (χ3v) is 4.99. The van der Waals surface area contributed by atoms with Gasteiger partial charge in [0.1, 0.15) is 10.6 Å². The molecule has 0 radical (unpaired) electrons. The van der Waals surface area contributed by atoms with Crippen molar-refractivity contribution in [3.63, 3.8) is 0 Å². The zero-order valence-electron chi connectivity index (χ0n) is 11.8. The lowest BCUT2D eigenvalue weighted by Gasteiger charge is -2.13. The smallest absolute Gasteiger partial charge is 0.269 e. The Morgan fingerprint density at radius 1 is 1.20 bits per heavy atom. The SMILES string of the molecule is CCCCN1C(=O)c2ccc(OCCC)cc2S1(=O)=O. The van der Waals surface area contributed by atoms with E-state index in [0.717, 1.165) is 17.1 Å². The van der Waals surface area contributed by atoms with Crippen LogP contribution in [0.3, 0.4) is 0 Å². The van der Waals surface area contributed by atoms with Crippen LogP contribution in [-0.4, -0.2) is 31.8 Å². The van der Waals surface area contributed by atoms with E-state index in [9.17, 15) is 13.2 Å². The summed E-state index contributed by atoms with van der Waals surface area (Å²) >= 11 is 0. The molecule has 0 N–H and O–H groups in total. The monoisotopic (exact) mass is 297 g/mol. The molecule has 0 bridgehead atoms. The summed E-state index contributed by atoms with van der Waals surface area (Å²) in [6, 6.07) is 4.63. The van der Waals surface area contributed by atoms with Crippen LogP contribution >= 0.6 is 0 Å². The predicted octanol–water partition coefficient (Wildman–Crippen LogP) is 2.42. The van der Waals surface area contributed by atoms with Gasteiger partial charge in [-0.05, 0) is 25.0 Å². The number of amides is 1. The van der Waals surface area contributed by atoms with Crippen molar-refractivity contribution >= 4 is 15.9 Å². The number of rotatable bonds is 6. The number of hydrogen-bond donors (Lipinski definition) is 0. The third kappa shape index (κ3) is 2.52. The van der Waals surface area contributed by atoms with Gasteiger partial charge in [0, 0.05) is 12.6 Å². The van der Waals surface area contributed by atoms with Gasteiger partial charge in [-0.25, -0.2) is 12.7 Å². The van der Waals surface area contributed by atoms with E-state index in [1.165, 1.54) is 12.1 Å². The van der Waals surface area contributed by atoms with Crippen molar-refractivity contribution in [2.45, 2.75) is 38.0 Å². The molecule has 6 heteroatoms. The van der Waals surface area contributed by atoms with Crippen LogP contribution in [0.2, 0.25) is 0 Å². The van der Waals surface area contributed by atoms with E-state index in [2.05, 4.69) is 0 Å². The van der Waals surface area contributed by atoms with Gasteiger partial charge in [-0.3, -0.25) is 4.79 Å². The van der Waals surface area contributed by atoms with Crippen molar-refractivity contribution in [2.24, 2.45) is 0 Å². The average Bonchev–Trinajstić information content (AvgIpc) is 2.62. The quantitative estimate of drug-likeness (QED) is 0.809. The van der Waals surface area contributed by atoms with E-state index < -0.39 is 15.9 Å². The van der Waals surface area contributed by atoms with Crippen LogP contribution in [0.5, 0.6) is 5.75 Å². The summed E-state index contributed by atoms with van der Waals surface area (Å²) in [7, 11) is -3.71. The molecule has 20 heavy (non-hydrogen) atoms. The summed E-state index contributed by atoms with van der Waals surface area (Å²) in [6.45, 7) is 4.68. The highest BCUT2D eigenvalue weighted by Crippen LogP contribution is 2.33. The number of ether oxygens (including phenoxy) is 1. The summed E-state index contributed by atoms with van der Waals surface area (Å²) in [4.78, 5) is 12.2. The largest absolute Gasteiger partial charge is 0.494 e. The molecule has 0 atom stereocenters. The number of carbonyl (C=O) groups excluding carboxylic acids is 1. The predicted molar refractivity (Wildman–Crippen MR) is 75.4 cm³/mol. The van der Waals surface area contributed by atoms with E-state index in [4.69, 9.17) is 4.74 Å². The first-order valence-corrected chi connectivity index (χ1v) is 8.30. The normalized spacial score (nSPS) is 16.3.